The summed E-state index contributed by atoms with van der Waals surface area (Å²) >= 11 is 0. The Balaban J connectivity index is 3.03. The van der Waals surface area contributed by atoms with E-state index in [1.54, 1.807) is 11.0 Å². The standard InChI is InChI=1S/C21H31NO6/c1-12(2)22(16(6)23)10-19(27-17(7)24)11-26-21-13(3)9-20(28-18(8)25)14(4)15(21)5/h9,12,19H,10-11H2,1-8H3. The Morgan fingerprint density at radius 3 is 2.07 bits per heavy atom. The number of hydrogen-bond acceptors (Lipinski definition) is 6. The zero-order chi connectivity index (χ0) is 21.6. The monoisotopic (exact) mass is 393 g/mol. The quantitative estimate of drug-likeness (QED) is 0.499. The van der Waals surface area contributed by atoms with Crippen LogP contribution in [0.5, 0.6) is 11.5 Å². The topological polar surface area (TPSA) is 82.1 Å². The maximum atomic E-state index is 11.9. The van der Waals surface area contributed by atoms with Crippen molar-refractivity contribution in [2.75, 3.05) is 13.2 Å². The highest BCUT2D eigenvalue weighted by molar-refractivity contribution is 5.73. The van der Waals surface area contributed by atoms with E-state index in [2.05, 4.69) is 0 Å². The van der Waals surface area contributed by atoms with Gasteiger partial charge in [-0.25, -0.2) is 0 Å². The van der Waals surface area contributed by atoms with E-state index in [9.17, 15) is 14.4 Å². The molecule has 28 heavy (non-hydrogen) atoms. The Hall–Kier alpha value is -2.57. The molecular weight excluding hydrogens is 362 g/mol. The molecule has 0 saturated carbocycles. The van der Waals surface area contributed by atoms with Crippen LogP contribution in [0.2, 0.25) is 0 Å². The lowest BCUT2D eigenvalue weighted by Gasteiger charge is -2.30. The normalized spacial score (nSPS) is 11.8. The Kier molecular flexibility index (Phi) is 8.47. The molecule has 156 valence electrons. The first-order valence-corrected chi connectivity index (χ1v) is 9.30. The summed E-state index contributed by atoms with van der Waals surface area (Å²) in [5, 5.41) is 0. The van der Waals surface area contributed by atoms with Gasteiger partial charge in [-0.3, -0.25) is 14.4 Å². The molecule has 0 aromatic heterocycles. The zero-order valence-electron chi connectivity index (χ0n) is 18.0. The van der Waals surface area contributed by atoms with Crippen LogP contribution in [0.3, 0.4) is 0 Å². The molecule has 0 saturated heterocycles. The van der Waals surface area contributed by atoms with E-state index in [-0.39, 0.29) is 31.1 Å². The summed E-state index contributed by atoms with van der Waals surface area (Å²) in [6.07, 6.45) is -0.601. The van der Waals surface area contributed by atoms with Crippen molar-refractivity contribution in [2.24, 2.45) is 0 Å². The van der Waals surface area contributed by atoms with Crippen LogP contribution in [0.25, 0.3) is 0 Å². The molecule has 1 aromatic rings. The van der Waals surface area contributed by atoms with E-state index >= 15 is 0 Å². The molecule has 0 aliphatic carbocycles. The van der Waals surface area contributed by atoms with Gasteiger partial charge < -0.3 is 19.1 Å². The van der Waals surface area contributed by atoms with Gasteiger partial charge in [0.15, 0.2) is 6.10 Å². The second kappa shape index (κ2) is 10.1. The van der Waals surface area contributed by atoms with Gasteiger partial charge in [0, 0.05) is 26.8 Å². The van der Waals surface area contributed by atoms with Gasteiger partial charge in [-0.05, 0) is 57.4 Å². The van der Waals surface area contributed by atoms with Crippen LogP contribution in [0.15, 0.2) is 6.07 Å². The number of carbonyl (C=O) groups is 3. The van der Waals surface area contributed by atoms with Crippen LogP contribution in [-0.4, -0.2) is 48.0 Å². The molecule has 0 bridgehead atoms. The number of rotatable bonds is 8. The van der Waals surface area contributed by atoms with E-state index in [4.69, 9.17) is 14.2 Å². The minimum absolute atomic E-state index is 0.0238. The van der Waals surface area contributed by atoms with Gasteiger partial charge in [-0.15, -0.1) is 0 Å². The van der Waals surface area contributed by atoms with E-state index in [0.29, 0.717) is 11.5 Å². The van der Waals surface area contributed by atoms with Gasteiger partial charge in [-0.1, -0.05) is 0 Å². The van der Waals surface area contributed by atoms with Crippen LogP contribution >= 0.6 is 0 Å². The molecule has 1 amide bonds. The van der Waals surface area contributed by atoms with Crippen LogP contribution in [0, 0.1) is 20.8 Å². The van der Waals surface area contributed by atoms with Crippen molar-refractivity contribution in [3.05, 3.63) is 22.8 Å². The fourth-order valence-electron chi connectivity index (χ4n) is 2.96. The molecule has 0 fully saturated rings. The average molecular weight is 393 g/mol. The Labute approximate surface area is 166 Å². The minimum atomic E-state index is -0.601. The molecule has 1 atom stereocenters. The summed E-state index contributed by atoms with van der Waals surface area (Å²) in [4.78, 5) is 36.3. The molecule has 0 heterocycles. The molecule has 1 aromatic carbocycles. The number of benzene rings is 1. The molecule has 7 nitrogen and oxygen atoms in total. The number of hydrogen-bond donors (Lipinski definition) is 0. The van der Waals surface area contributed by atoms with Crippen molar-refractivity contribution in [1.82, 2.24) is 4.90 Å². The third kappa shape index (κ3) is 6.55. The fourth-order valence-corrected chi connectivity index (χ4v) is 2.96. The minimum Gasteiger partial charge on any atom is -0.489 e. The highest BCUT2D eigenvalue weighted by Crippen LogP contribution is 2.33. The van der Waals surface area contributed by atoms with Gasteiger partial charge in [0.1, 0.15) is 18.1 Å². The van der Waals surface area contributed by atoms with Gasteiger partial charge >= 0.3 is 11.9 Å². The van der Waals surface area contributed by atoms with Crippen molar-refractivity contribution in [1.29, 1.82) is 0 Å². The third-order valence-electron chi connectivity index (χ3n) is 4.41. The molecule has 0 radical (unpaired) electrons. The van der Waals surface area contributed by atoms with Crippen molar-refractivity contribution in [3.63, 3.8) is 0 Å². The number of esters is 2. The lowest BCUT2D eigenvalue weighted by molar-refractivity contribution is -0.151. The predicted molar refractivity (Wildman–Crippen MR) is 106 cm³/mol. The molecule has 0 aliphatic heterocycles. The summed E-state index contributed by atoms with van der Waals surface area (Å²) < 4.78 is 16.6. The fraction of sp³-hybridized carbons (Fsp3) is 0.571. The summed E-state index contributed by atoms with van der Waals surface area (Å²) in [5.41, 5.74) is 2.44. The number of ether oxygens (including phenoxy) is 3. The Bertz CT molecular complexity index is 741. The second-order valence-electron chi connectivity index (χ2n) is 7.17. The van der Waals surface area contributed by atoms with Crippen molar-refractivity contribution in [3.8, 4) is 11.5 Å². The van der Waals surface area contributed by atoms with Gasteiger partial charge in [0.25, 0.3) is 0 Å². The lowest BCUT2D eigenvalue weighted by Crippen LogP contribution is -2.44. The highest BCUT2D eigenvalue weighted by atomic mass is 16.6. The smallest absolute Gasteiger partial charge is 0.308 e. The van der Waals surface area contributed by atoms with Gasteiger partial charge in [0.05, 0.1) is 6.54 Å². The summed E-state index contributed by atoms with van der Waals surface area (Å²) in [7, 11) is 0. The van der Waals surface area contributed by atoms with Crippen LogP contribution in [0.4, 0.5) is 0 Å². The Morgan fingerprint density at radius 1 is 1.00 bits per heavy atom. The highest BCUT2D eigenvalue weighted by Gasteiger charge is 2.23. The number of aryl methyl sites for hydroxylation is 1. The van der Waals surface area contributed by atoms with E-state index in [1.165, 1.54) is 20.8 Å². The van der Waals surface area contributed by atoms with Crippen LogP contribution in [-0.2, 0) is 19.1 Å². The van der Waals surface area contributed by atoms with Crippen LogP contribution < -0.4 is 9.47 Å². The van der Waals surface area contributed by atoms with Crippen molar-refractivity contribution < 1.29 is 28.6 Å². The first-order valence-electron chi connectivity index (χ1n) is 9.30. The molecule has 0 spiro atoms. The number of carbonyl (C=O) groups excluding carboxylic acids is 3. The zero-order valence-corrected chi connectivity index (χ0v) is 18.0. The average Bonchev–Trinajstić information content (AvgIpc) is 2.55. The van der Waals surface area contributed by atoms with Gasteiger partial charge in [0.2, 0.25) is 5.91 Å². The largest absolute Gasteiger partial charge is 0.489 e. The maximum absolute atomic E-state index is 11.9. The molecule has 7 heteroatoms. The molecule has 0 N–H and O–H groups in total. The molecule has 0 aliphatic rings. The summed E-state index contributed by atoms with van der Waals surface area (Å²) in [6.45, 7) is 13.9. The summed E-state index contributed by atoms with van der Waals surface area (Å²) in [5.74, 6) is 0.221. The summed E-state index contributed by atoms with van der Waals surface area (Å²) in [6, 6.07) is 1.72. The molecule has 1 rings (SSSR count). The third-order valence-corrected chi connectivity index (χ3v) is 4.41. The number of nitrogens with zero attached hydrogens (tertiary/aromatic N) is 1. The van der Waals surface area contributed by atoms with Crippen molar-refractivity contribution in [2.45, 2.75) is 67.5 Å². The van der Waals surface area contributed by atoms with E-state index in [0.717, 1.165) is 16.7 Å². The molecule has 1 unspecified atom stereocenters. The van der Waals surface area contributed by atoms with Gasteiger partial charge in [-0.2, -0.15) is 0 Å². The maximum Gasteiger partial charge on any atom is 0.308 e. The Morgan fingerprint density at radius 2 is 1.61 bits per heavy atom. The lowest BCUT2D eigenvalue weighted by atomic mass is 10.0. The second-order valence-corrected chi connectivity index (χ2v) is 7.17. The van der Waals surface area contributed by atoms with Crippen LogP contribution in [0.1, 0.15) is 51.3 Å². The number of amides is 1. The van der Waals surface area contributed by atoms with E-state index < -0.39 is 12.1 Å². The first kappa shape index (κ1) is 23.5. The molecular formula is C21H31NO6. The van der Waals surface area contributed by atoms with E-state index in [1.807, 2.05) is 34.6 Å². The van der Waals surface area contributed by atoms with Crippen molar-refractivity contribution >= 4 is 17.8 Å². The predicted octanol–water partition coefficient (Wildman–Crippen LogP) is 3.10. The SMILES string of the molecule is CC(=O)Oc1cc(C)c(OCC(CN(C(C)=O)C(C)C)OC(C)=O)c(C)c1C. The first-order chi connectivity index (χ1) is 12.9.